The molecule has 17 heavy (non-hydrogen) atoms. The number of hydrogen-bond acceptors (Lipinski definition) is 2. The van der Waals surface area contributed by atoms with Crippen molar-refractivity contribution in [3.63, 3.8) is 0 Å². The smallest absolute Gasteiger partial charge is 0.195 e. The number of H-pyrrole nitrogens is 1. The van der Waals surface area contributed by atoms with Crippen molar-refractivity contribution in [2.75, 3.05) is 0 Å². The van der Waals surface area contributed by atoms with Gasteiger partial charge in [-0.25, -0.2) is 0 Å². The maximum atomic E-state index is 5.24. The molecule has 1 aromatic heterocycles. The third kappa shape index (κ3) is 2.05. The Morgan fingerprint density at radius 1 is 1.29 bits per heavy atom. The van der Waals surface area contributed by atoms with E-state index in [1.807, 2.05) is 10.6 Å². The molecule has 0 unspecified atom stereocenters. The summed E-state index contributed by atoms with van der Waals surface area (Å²) in [5, 5.41) is 7.26. The molecule has 0 aliphatic rings. The number of benzene rings is 1. The van der Waals surface area contributed by atoms with Gasteiger partial charge in [0.2, 0.25) is 0 Å². The van der Waals surface area contributed by atoms with Gasteiger partial charge in [-0.05, 0) is 38.6 Å². The van der Waals surface area contributed by atoms with Crippen molar-refractivity contribution in [3.05, 3.63) is 46.5 Å². The summed E-state index contributed by atoms with van der Waals surface area (Å²) in [4.78, 5) is 0. The molecule has 0 fully saturated rings. The Bertz CT molecular complexity index is 552. The van der Waals surface area contributed by atoms with Crippen LogP contribution in [-0.4, -0.2) is 14.8 Å². The van der Waals surface area contributed by atoms with E-state index in [0.29, 0.717) is 4.77 Å². The Morgan fingerprint density at radius 3 is 2.53 bits per heavy atom. The zero-order valence-corrected chi connectivity index (χ0v) is 11.2. The van der Waals surface area contributed by atoms with Gasteiger partial charge in [-0.15, -0.1) is 0 Å². The molecule has 0 spiro atoms. The minimum atomic E-state index is -0.148. The first kappa shape index (κ1) is 12.0. The van der Waals surface area contributed by atoms with E-state index in [1.54, 1.807) is 0 Å². The van der Waals surface area contributed by atoms with E-state index >= 15 is 0 Å². The Labute approximate surface area is 106 Å². The first-order valence-corrected chi connectivity index (χ1v) is 6.19. The number of nitrogens with one attached hydrogen (secondary N) is 1. The van der Waals surface area contributed by atoms with E-state index < -0.39 is 0 Å². The topological polar surface area (TPSA) is 33.6 Å². The molecule has 3 nitrogen and oxygen atoms in total. The van der Waals surface area contributed by atoms with Gasteiger partial charge in [0, 0.05) is 12.0 Å². The lowest BCUT2D eigenvalue weighted by Crippen LogP contribution is -2.24. The summed E-state index contributed by atoms with van der Waals surface area (Å²) in [7, 11) is 0. The maximum Gasteiger partial charge on any atom is 0.195 e. The van der Waals surface area contributed by atoms with Gasteiger partial charge in [0.25, 0.3) is 0 Å². The Kier molecular flexibility index (Phi) is 3.15. The van der Waals surface area contributed by atoms with Crippen molar-refractivity contribution >= 4 is 12.2 Å². The molecule has 4 heteroatoms. The van der Waals surface area contributed by atoms with Crippen LogP contribution >= 0.6 is 12.2 Å². The van der Waals surface area contributed by atoms with E-state index in [2.05, 4.69) is 55.2 Å². The lowest BCUT2D eigenvalue weighted by atomic mass is 9.84. The fourth-order valence-electron chi connectivity index (χ4n) is 2.07. The standard InChI is InChI=1S/C13H17N3S/c1-4-16-11(14-15-12(16)17)13(2,3)10-8-6-5-7-9-10/h5-9H,4H2,1-3H3,(H,15,17). The van der Waals surface area contributed by atoms with E-state index in [0.717, 1.165) is 12.4 Å². The number of nitrogens with zero attached hydrogens (tertiary/aromatic N) is 2. The van der Waals surface area contributed by atoms with Gasteiger partial charge in [-0.2, -0.15) is 5.10 Å². The predicted octanol–water partition coefficient (Wildman–Crippen LogP) is 3.29. The molecular formula is C13H17N3S. The molecule has 0 radical (unpaired) electrons. The summed E-state index contributed by atoms with van der Waals surface area (Å²) in [5.41, 5.74) is 1.09. The highest BCUT2D eigenvalue weighted by Gasteiger charge is 2.28. The van der Waals surface area contributed by atoms with Crippen molar-refractivity contribution in [1.82, 2.24) is 14.8 Å². The largest absolute Gasteiger partial charge is 0.304 e. The third-order valence-corrected chi connectivity index (χ3v) is 3.44. The molecule has 0 aliphatic heterocycles. The van der Waals surface area contributed by atoms with E-state index in [4.69, 9.17) is 12.2 Å². The van der Waals surface area contributed by atoms with Crippen LogP contribution in [0.2, 0.25) is 0 Å². The van der Waals surface area contributed by atoms with Gasteiger partial charge >= 0.3 is 0 Å². The predicted molar refractivity (Wildman–Crippen MR) is 71.7 cm³/mol. The molecule has 0 saturated heterocycles. The van der Waals surface area contributed by atoms with Crippen molar-refractivity contribution in [1.29, 1.82) is 0 Å². The molecule has 2 aromatic rings. The Hall–Kier alpha value is -1.42. The first-order chi connectivity index (χ1) is 8.07. The van der Waals surface area contributed by atoms with Crippen LogP contribution < -0.4 is 0 Å². The SMILES string of the molecule is CCn1c(C(C)(C)c2ccccc2)n[nH]c1=S. The summed E-state index contributed by atoms with van der Waals surface area (Å²) >= 11 is 5.24. The monoisotopic (exact) mass is 247 g/mol. The highest BCUT2D eigenvalue weighted by molar-refractivity contribution is 7.71. The van der Waals surface area contributed by atoms with Crippen LogP contribution in [0, 0.1) is 4.77 Å². The zero-order valence-electron chi connectivity index (χ0n) is 10.4. The van der Waals surface area contributed by atoms with Crippen LogP contribution in [0.1, 0.15) is 32.2 Å². The molecule has 2 rings (SSSR count). The summed E-state index contributed by atoms with van der Waals surface area (Å²) in [6.45, 7) is 7.25. The fourth-order valence-corrected chi connectivity index (χ4v) is 2.33. The molecule has 0 amide bonds. The Balaban J connectivity index is 2.55. The van der Waals surface area contributed by atoms with E-state index in [9.17, 15) is 0 Å². The number of rotatable bonds is 3. The van der Waals surface area contributed by atoms with Gasteiger partial charge in [-0.3, -0.25) is 5.10 Å². The summed E-state index contributed by atoms with van der Waals surface area (Å²) in [6.07, 6.45) is 0. The van der Waals surface area contributed by atoms with Gasteiger partial charge in [0.15, 0.2) is 4.77 Å². The molecule has 90 valence electrons. The van der Waals surface area contributed by atoms with Crippen LogP contribution in [0.3, 0.4) is 0 Å². The van der Waals surface area contributed by atoms with Gasteiger partial charge in [0.05, 0.1) is 0 Å². The van der Waals surface area contributed by atoms with Gasteiger partial charge in [-0.1, -0.05) is 30.3 Å². The minimum Gasteiger partial charge on any atom is -0.304 e. The average molecular weight is 247 g/mol. The number of aromatic nitrogens is 3. The second-order valence-corrected chi connectivity index (χ2v) is 4.97. The van der Waals surface area contributed by atoms with E-state index in [-0.39, 0.29) is 5.41 Å². The first-order valence-electron chi connectivity index (χ1n) is 5.78. The molecule has 1 aromatic carbocycles. The zero-order chi connectivity index (χ0) is 12.5. The molecule has 1 N–H and O–H groups in total. The van der Waals surface area contributed by atoms with Gasteiger partial charge in [0.1, 0.15) is 5.82 Å². The molecular weight excluding hydrogens is 230 g/mol. The van der Waals surface area contributed by atoms with Crippen LogP contribution in [0.15, 0.2) is 30.3 Å². The Morgan fingerprint density at radius 2 is 1.94 bits per heavy atom. The number of aromatic amines is 1. The second-order valence-electron chi connectivity index (χ2n) is 4.59. The normalized spacial score (nSPS) is 11.7. The van der Waals surface area contributed by atoms with Crippen molar-refractivity contribution < 1.29 is 0 Å². The fraction of sp³-hybridized carbons (Fsp3) is 0.385. The molecule has 0 saturated carbocycles. The lowest BCUT2D eigenvalue weighted by molar-refractivity contribution is 0.538. The minimum absolute atomic E-state index is 0.148. The average Bonchev–Trinajstić information content (AvgIpc) is 2.72. The van der Waals surface area contributed by atoms with Crippen LogP contribution in [0.4, 0.5) is 0 Å². The molecule has 0 aliphatic carbocycles. The second kappa shape index (κ2) is 4.45. The quantitative estimate of drug-likeness (QED) is 0.844. The van der Waals surface area contributed by atoms with Crippen LogP contribution in [-0.2, 0) is 12.0 Å². The summed E-state index contributed by atoms with van der Waals surface area (Å²) < 4.78 is 2.73. The van der Waals surface area contributed by atoms with Crippen molar-refractivity contribution in [2.24, 2.45) is 0 Å². The third-order valence-electron chi connectivity index (χ3n) is 3.13. The highest BCUT2D eigenvalue weighted by atomic mass is 32.1. The summed E-state index contributed by atoms with van der Waals surface area (Å²) in [5.74, 6) is 0.983. The summed E-state index contributed by atoms with van der Waals surface area (Å²) in [6, 6.07) is 10.4. The maximum absolute atomic E-state index is 5.24. The molecule has 0 bridgehead atoms. The molecule has 1 heterocycles. The van der Waals surface area contributed by atoms with Crippen molar-refractivity contribution in [2.45, 2.75) is 32.7 Å². The van der Waals surface area contributed by atoms with Crippen LogP contribution in [0.5, 0.6) is 0 Å². The molecule has 0 atom stereocenters. The van der Waals surface area contributed by atoms with E-state index in [1.165, 1.54) is 5.56 Å². The highest BCUT2D eigenvalue weighted by Crippen LogP contribution is 2.29. The van der Waals surface area contributed by atoms with Gasteiger partial charge < -0.3 is 4.57 Å². The van der Waals surface area contributed by atoms with Crippen LogP contribution in [0.25, 0.3) is 0 Å². The lowest BCUT2D eigenvalue weighted by Gasteiger charge is -2.24. The van der Waals surface area contributed by atoms with Crippen molar-refractivity contribution in [3.8, 4) is 0 Å². The number of hydrogen-bond donors (Lipinski definition) is 1.